The van der Waals surface area contributed by atoms with Gasteiger partial charge in [-0.3, -0.25) is 0 Å². The van der Waals surface area contributed by atoms with Crippen molar-refractivity contribution in [1.29, 1.82) is 0 Å². The van der Waals surface area contributed by atoms with Crippen molar-refractivity contribution in [3.05, 3.63) is 23.8 Å². The number of nitrogens with one attached hydrogen (secondary N) is 1. The van der Waals surface area contributed by atoms with Gasteiger partial charge in [0.15, 0.2) is 9.84 Å². The lowest BCUT2D eigenvalue weighted by atomic mass is 10.1. The van der Waals surface area contributed by atoms with Crippen LogP contribution in [-0.4, -0.2) is 38.2 Å². The predicted octanol–water partition coefficient (Wildman–Crippen LogP) is 1.24. The predicted molar refractivity (Wildman–Crippen MR) is 73.3 cm³/mol. The summed E-state index contributed by atoms with van der Waals surface area (Å²) in [5.74, 6) is 1.26. The number of sulfone groups is 1. The first-order chi connectivity index (χ1) is 8.91. The minimum absolute atomic E-state index is 0.0504. The Morgan fingerprint density at radius 1 is 1.47 bits per heavy atom. The Labute approximate surface area is 113 Å². The lowest BCUT2D eigenvalue weighted by molar-refractivity contribution is 0.404. The average Bonchev–Trinajstić information content (AvgIpc) is 2.69. The molecular weight excluding hydrogens is 266 g/mol. The van der Waals surface area contributed by atoms with Crippen molar-refractivity contribution in [3.63, 3.8) is 0 Å². The molecule has 2 N–H and O–H groups in total. The molecule has 2 unspecified atom stereocenters. The van der Waals surface area contributed by atoms with E-state index in [1.54, 1.807) is 25.3 Å². The lowest BCUT2D eigenvalue weighted by Crippen LogP contribution is -2.32. The first-order valence-corrected chi connectivity index (χ1v) is 8.07. The van der Waals surface area contributed by atoms with E-state index in [9.17, 15) is 13.5 Å². The van der Waals surface area contributed by atoms with E-state index in [1.807, 2.05) is 6.92 Å². The molecule has 0 radical (unpaired) electrons. The number of aromatic hydroxyl groups is 1. The van der Waals surface area contributed by atoms with E-state index in [0.717, 1.165) is 0 Å². The van der Waals surface area contributed by atoms with Crippen molar-refractivity contribution in [2.75, 3.05) is 18.6 Å². The van der Waals surface area contributed by atoms with Crippen LogP contribution in [0.2, 0.25) is 0 Å². The van der Waals surface area contributed by atoms with Crippen LogP contribution in [0, 0.1) is 0 Å². The molecule has 0 amide bonds. The first kappa shape index (κ1) is 14.1. The number of rotatable bonds is 4. The van der Waals surface area contributed by atoms with Gasteiger partial charge >= 0.3 is 0 Å². The normalized spacial score (nSPS) is 23.2. The van der Waals surface area contributed by atoms with Crippen LogP contribution in [-0.2, 0) is 9.84 Å². The summed E-state index contributed by atoms with van der Waals surface area (Å²) in [7, 11) is -1.33. The van der Waals surface area contributed by atoms with Gasteiger partial charge in [-0.1, -0.05) is 0 Å². The molecule has 0 aromatic heterocycles. The van der Waals surface area contributed by atoms with E-state index in [1.165, 1.54) is 0 Å². The second-order valence-electron chi connectivity index (χ2n) is 4.91. The molecule has 1 heterocycles. The molecule has 0 aliphatic carbocycles. The van der Waals surface area contributed by atoms with E-state index < -0.39 is 9.84 Å². The molecule has 0 saturated carbocycles. The number of methoxy groups -OCH3 is 1. The third kappa shape index (κ3) is 3.39. The maximum absolute atomic E-state index is 11.4. The highest BCUT2D eigenvalue weighted by molar-refractivity contribution is 7.91. The fourth-order valence-electron chi connectivity index (χ4n) is 2.38. The van der Waals surface area contributed by atoms with Gasteiger partial charge in [-0.25, -0.2) is 8.42 Å². The zero-order chi connectivity index (χ0) is 14.0. The van der Waals surface area contributed by atoms with Gasteiger partial charge in [0.05, 0.1) is 18.6 Å². The van der Waals surface area contributed by atoms with Crippen molar-refractivity contribution in [3.8, 4) is 11.5 Å². The smallest absolute Gasteiger partial charge is 0.151 e. The van der Waals surface area contributed by atoms with Crippen LogP contribution in [0.4, 0.5) is 0 Å². The Bertz CT molecular complexity index is 556. The number of ether oxygens (including phenoxy) is 1. The van der Waals surface area contributed by atoms with Gasteiger partial charge in [-0.2, -0.15) is 0 Å². The second kappa shape index (κ2) is 5.38. The maximum atomic E-state index is 11.4. The number of benzene rings is 1. The Balaban J connectivity index is 2.10. The summed E-state index contributed by atoms with van der Waals surface area (Å²) >= 11 is 0. The van der Waals surface area contributed by atoms with Crippen LogP contribution in [0.1, 0.15) is 24.9 Å². The fraction of sp³-hybridized carbons (Fsp3) is 0.538. The number of phenols is 1. The maximum Gasteiger partial charge on any atom is 0.151 e. The van der Waals surface area contributed by atoms with Crippen LogP contribution in [0.15, 0.2) is 18.2 Å². The van der Waals surface area contributed by atoms with E-state index >= 15 is 0 Å². The summed E-state index contributed by atoms with van der Waals surface area (Å²) < 4.78 is 28.0. The number of hydrogen-bond acceptors (Lipinski definition) is 5. The van der Waals surface area contributed by atoms with Gasteiger partial charge in [0.2, 0.25) is 0 Å². The molecule has 1 saturated heterocycles. The van der Waals surface area contributed by atoms with Gasteiger partial charge < -0.3 is 15.2 Å². The molecule has 106 valence electrons. The van der Waals surface area contributed by atoms with Gasteiger partial charge in [0.25, 0.3) is 0 Å². The molecule has 2 rings (SSSR count). The van der Waals surface area contributed by atoms with Gasteiger partial charge in [-0.15, -0.1) is 0 Å². The van der Waals surface area contributed by atoms with Crippen LogP contribution >= 0.6 is 0 Å². The van der Waals surface area contributed by atoms with E-state index in [4.69, 9.17) is 4.74 Å². The molecule has 0 spiro atoms. The SMILES string of the molecule is COc1ccc(O)c(C(C)NC2CCS(=O)(=O)C2)c1. The Kier molecular flexibility index (Phi) is 4.01. The Morgan fingerprint density at radius 3 is 2.79 bits per heavy atom. The molecule has 0 bridgehead atoms. The second-order valence-corrected chi connectivity index (χ2v) is 7.14. The highest BCUT2D eigenvalue weighted by Crippen LogP contribution is 2.29. The highest BCUT2D eigenvalue weighted by Gasteiger charge is 2.29. The fourth-order valence-corrected chi connectivity index (χ4v) is 4.06. The van der Waals surface area contributed by atoms with Crippen molar-refractivity contribution in [1.82, 2.24) is 5.32 Å². The first-order valence-electron chi connectivity index (χ1n) is 6.24. The third-order valence-corrected chi connectivity index (χ3v) is 5.19. The summed E-state index contributed by atoms with van der Waals surface area (Å²) in [4.78, 5) is 0. The van der Waals surface area contributed by atoms with Gasteiger partial charge in [0.1, 0.15) is 11.5 Å². The van der Waals surface area contributed by atoms with Crippen LogP contribution in [0.5, 0.6) is 11.5 Å². The topological polar surface area (TPSA) is 75.6 Å². The van der Waals surface area contributed by atoms with Crippen LogP contribution in [0.3, 0.4) is 0 Å². The van der Waals surface area contributed by atoms with Crippen LogP contribution < -0.4 is 10.1 Å². The van der Waals surface area contributed by atoms with Crippen molar-refractivity contribution in [2.45, 2.75) is 25.4 Å². The minimum Gasteiger partial charge on any atom is -0.508 e. The summed E-state index contributed by atoms with van der Waals surface area (Å²) in [5.41, 5.74) is 0.712. The highest BCUT2D eigenvalue weighted by atomic mass is 32.2. The largest absolute Gasteiger partial charge is 0.508 e. The Morgan fingerprint density at radius 2 is 2.21 bits per heavy atom. The Hall–Kier alpha value is -1.27. The van der Waals surface area contributed by atoms with E-state index in [2.05, 4.69) is 5.32 Å². The molecule has 19 heavy (non-hydrogen) atoms. The summed E-state index contributed by atoms with van der Waals surface area (Å²) in [6, 6.07) is 4.85. The monoisotopic (exact) mass is 285 g/mol. The molecule has 1 aliphatic heterocycles. The molecule has 1 aromatic rings. The molecule has 1 aromatic carbocycles. The molecular formula is C13H19NO4S. The lowest BCUT2D eigenvalue weighted by Gasteiger charge is -2.20. The molecule has 6 heteroatoms. The quantitative estimate of drug-likeness (QED) is 0.870. The summed E-state index contributed by atoms with van der Waals surface area (Å²) in [6.45, 7) is 1.90. The number of hydrogen-bond donors (Lipinski definition) is 2. The van der Waals surface area contributed by atoms with Crippen LogP contribution in [0.25, 0.3) is 0 Å². The van der Waals surface area contributed by atoms with Gasteiger partial charge in [0, 0.05) is 17.6 Å². The summed E-state index contributed by atoms with van der Waals surface area (Å²) in [5, 5.41) is 13.1. The molecule has 5 nitrogen and oxygen atoms in total. The van der Waals surface area contributed by atoms with Crippen molar-refractivity contribution >= 4 is 9.84 Å². The zero-order valence-electron chi connectivity index (χ0n) is 11.1. The van der Waals surface area contributed by atoms with E-state index in [0.29, 0.717) is 17.7 Å². The average molecular weight is 285 g/mol. The van der Waals surface area contributed by atoms with Crippen molar-refractivity contribution < 1.29 is 18.3 Å². The minimum atomic E-state index is -2.90. The summed E-state index contributed by atoms with van der Waals surface area (Å²) in [6.07, 6.45) is 0.622. The molecule has 1 aliphatic rings. The number of phenolic OH excluding ortho intramolecular Hbond substituents is 1. The zero-order valence-corrected chi connectivity index (χ0v) is 11.9. The molecule has 2 atom stereocenters. The standard InChI is InChI=1S/C13H19NO4S/c1-9(14-10-5-6-19(16,17)8-10)12-7-11(18-2)3-4-13(12)15/h3-4,7,9-10,14-15H,5-6,8H2,1-2H3. The third-order valence-electron chi connectivity index (χ3n) is 3.42. The van der Waals surface area contributed by atoms with Gasteiger partial charge in [-0.05, 0) is 31.5 Å². The van der Waals surface area contributed by atoms with E-state index in [-0.39, 0.29) is 29.3 Å². The molecule has 1 fully saturated rings. The van der Waals surface area contributed by atoms with Crippen molar-refractivity contribution in [2.24, 2.45) is 0 Å².